The number of hydrogen-bond donors (Lipinski definition) is 0. The SMILES string of the molecule is CCN1CCCCN(C(=O)CCC2CCCC2)[C@H](Cc2ccccc2)COc2ccccc2C1=O. The lowest BCUT2D eigenvalue weighted by molar-refractivity contribution is -0.134. The van der Waals surface area contributed by atoms with Crippen molar-refractivity contribution in [2.24, 2.45) is 5.92 Å². The summed E-state index contributed by atoms with van der Waals surface area (Å²) < 4.78 is 6.33. The lowest BCUT2D eigenvalue weighted by Crippen LogP contribution is -2.46. The second kappa shape index (κ2) is 12.8. The maximum Gasteiger partial charge on any atom is 0.257 e. The van der Waals surface area contributed by atoms with Gasteiger partial charge < -0.3 is 14.5 Å². The number of fused-ring (bicyclic) bond motifs is 1. The predicted molar refractivity (Wildman–Crippen MR) is 140 cm³/mol. The molecule has 1 fully saturated rings. The van der Waals surface area contributed by atoms with Crippen molar-refractivity contribution in [2.75, 3.05) is 26.2 Å². The van der Waals surface area contributed by atoms with E-state index in [-0.39, 0.29) is 17.9 Å². The Hall–Kier alpha value is -2.82. The zero-order valence-corrected chi connectivity index (χ0v) is 21.2. The molecule has 188 valence electrons. The average Bonchev–Trinajstić information content (AvgIpc) is 3.41. The largest absolute Gasteiger partial charge is 0.491 e. The van der Waals surface area contributed by atoms with Crippen molar-refractivity contribution in [1.29, 1.82) is 0 Å². The average molecular weight is 477 g/mol. The zero-order chi connectivity index (χ0) is 24.5. The molecule has 2 amide bonds. The molecule has 1 heterocycles. The normalized spacial score (nSPS) is 20.0. The molecular formula is C30H40N2O3. The van der Waals surface area contributed by atoms with E-state index in [0.29, 0.717) is 49.9 Å². The van der Waals surface area contributed by atoms with Gasteiger partial charge in [0.25, 0.3) is 5.91 Å². The van der Waals surface area contributed by atoms with Crippen molar-refractivity contribution in [1.82, 2.24) is 9.80 Å². The fraction of sp³-hybridized carbons (Fsp3) is 0.533. The van der Waals surface area contributed by atoms with Crippen molar-refractivity contribution in [2.45, 2.75) is 70.8 Å². The molecule has 2 aromatic rings. The van der Waals surface area contributed by atoms with Crippen molar-refractivity contribution < 1.29 is 14.3 Å². The second-order valence-electron chi connectivity index (χ2n) is 10.0. The van der Waals surface area contributed by atoms with Gasteiger partial charge in [0, 0.05) is 26.1 Å². The van der Waals surface area contributed by atoms with Crippen LogP contribution in [-0.4, -0.2) is 53.9 Å². The predicted octanol–water partition coefficient (Wildman–Crippen LogP) is 5.73. The van der Waals surface area contributed by atoms with Crippen LogP contribution in [0.25, 0.3) is 0 Å². The fourth-order valence-corrected chi connectivity index (χ4v) is 5.54. The summed E-state index contributed by atoms with van der Waals surface area (Å²) in [6.45, 7) is 4.45. The minimum atomic E-state index is -0.0710. The van der Waals surface area contributed by atoms with Gasteiger partial charge in [-0.25, -0.2) is 0 Å². The highest BCUT2D eigenvalue weighted by Gasteiger charge is 2.28. The van der Waals surface area contributed by atoms with E-state index in [0.717, 1.165) is 25.7 Å². The summed E-state index contributed by atoms with van der Waals surface area (Å²) in [6.07, 6.45) is 9.26. The maximum atomic E-state index is 13.6. The van der Waals surface area contributed by atoms with Crippen LogP contribution in [-0.2, 0) is 11.2 Å². The molecule has 1 atom stereocenters. The highest BCUT2D eigenvalue weighted by molar-refractivity contribution is 5.97. The summed E-state index contributed by atoms with van der Waals surface area (Å²) in [4.78, 5) is 30.8. The number of carbonyl (C=O) groups excluding carboxylic acids is 2. The zero-order valence-electron chi connectivity index (χ0n) is 21.2. The fourth-order valence-electron chi connectivity index (χ4n) is 5.54. The van der Waals surface area contributed by atoms with Gasteiger partial charge in [-0.3, -0.25) is 9.59 Å². The molecule has 0 radical (unpaired) electrons. The second-order valence-corrected chi connectivity index (χ2v) is 10.0. The standard InChI is InChI=1S/C30H40N2O3/c1-2-31-20-10-11-21-32(29(33)19-18-24-12-6-7-13-24)26(22-25-14-4-3-5-15-25)23-35-28-17-9-8-16-27(28)30(31)34/h3-5,8-9,14-17,24,26H,2,6-7,10-13,18-23H2,1H3/t26-/m1/s1. The lowest BCUT2D eigenvalue weighted by Gasteiger charge is -2.34. The van der Waals surface area contributed by atoms with Gasteiger partial charge in [0.15, 0.2) is 0 Å². The molecule has 4 rings (SSSR count). The van der Waals surface area contributed by atoms with E-state index in [1.165, 1.54) is 31.2 Å². The summed E-state index contributed by atoms with van der Waals surface area (Å²) in [6, 6.07) is 17.8. The Morgan fingerprint density at radius 3 is 2.43 bits per heavy atom. The molecule has 0 unspecified atom stereocenters. The molecule has 5 nitrogen and oxygen atoms in total. The summed E-state index contributed by atoms with van der Waals surface area (Å²) >= 11 is 0. The van der Waals surface area contributed by atoms with Crippen LogP contribution in [0.2, 0.25) is 0 Å². The summed E-state index contributed by atoms with van der Waals surface area (Å²) in [5.41, 5.74) is 1.80. The highest BCUT2D eigenvalue weighted by Crippen LogP contribution is 2.29. The summed E-state index contributed by atoms with van der Waals surface area (Å²) in [7, 11) is 0. The van der Waals surface area contributed by atoms with Gasteiger partial charge in [-0.15, -0.1) is 0 Å². The first kappa shape index (κ1) is 25.3. The molecule has 2 aliphatic rings. The van der Waals surface area contributed by atoms with Crippen LogP contribution < -0.4 is 4.74 Å². The number of rotatable bonds is 6. The van der Waals surface area contributed by atoms with Crippen LogP contribution in [0, 0.1) is 5.92 Å². The third-order valence-electron chi connectivity index (χ3n) is 7.61. The summed E-state index contributed by atoms with van der Waals surface area (Å²) in [5, 5.41) is 0. The Morgan fingerprint density at radius 1 is 0.943 bits per heavy atom. The molecule has 0 N–H and O–H groups in total. The van der Waals surface area contributed by atoms with Gasteiger partial charge >= 0.3 is 0 Å². The molecule has 1 saturated carbocycles. The van der Waals surface area contributed by atoms with E-state index in [1.54, 1.807) is 0 Å². The first-order valence-electron chi connectivity index (χ1n) is 13.5. The smallest absolute Gasteiger partial charge is 0.257 e. The van der Waals surface area contributed by atoms with Gasteiger partial charge in [-0.05, 0) is 56.2 Å². The first-order valence-corrected chi connectivity index (χ1v) is 13.5. The van der Waals surface area contributed by atoms with Crippen LogP contribution in [0.15, 0.2) is 54.6 Å². The maximum absolute atomic E-state index is 13.6. The number of nitrogens with zero attached hydrogens (tertiary/aromatic N) is 2. The number of hydrogen-bond acceptors (Lipinski definition) is 3. The van der Waals surface area contributed by atoms with Crippen LogP contribution in [0.5, 0.6) is 5.75 Å². The Morgan fingerprint density at radius 2 is 1.66 bits per heavy atom. The number of carbonyl (C=O) groups is 2. The van der Waals surface area contributed by atoms with Crippen molar-refractivity contribution in [3.8, 4) is 5.75 Å². The Labute approximate surface area is 210 Å². The summed E-state index contributed by atoms with van der Waals surface area (Å²) in [5.74, 6) is 1.57. The molecule has 2 aromatic carbocycles. The van der Waals surface area contributed by atoms with Crippen LogP contribution in [0.1, 0.15) is 74.2 Å². The molecular weight excluding hydrogens is 436 g/mol. The van der Waals surface area contributed by atoms with E-state index in [2.05, 4.69) is 17.0 Å². The number of benzene rings is 2. The molecule has 0 aromatic heterocycles. The molecule has 1 aliphatic carbocycles. The van der Waals surface area contributed by atoms with Gasteiger partial charge in [0.2, 0.25) is 5.91 Å². The van der Waals surface area contributed by atoms with Crippen LogP contribution >= 0.6 is 0 Å². The Kier molecular flexibility index (Phi) is 9.21. The quantitative estimate of drug-likeness (QED) is 0.535. The van der Waals surface area contributed by atoms with Crippen molar-refractivity contribution >= 4 is 11.8 Å². The van der Waals surface area contributed by atoms with Crippen molar-refractivity contribution in [3.63, 3.8) is 0 Å². The third kappa shape index (κ3) is 6.87. The highest BCUT2D eigenvalue weighted by atomic mass is 16.5. The topological polar surface area (TPSA) is 49.9 Å². The van der Waals surface area contributed by atoms with Gasteiger partial charge in [0.1, 0.15) is 12.4 Å². The first-order chi connectivity index (χ1) is 17.2. The number of para-hydroxylation sites is 1. The monoisotopic (exact) mass is 476 g/mol. The molecule has 35 heavy (non-hydrogen) atoms. The molecule has 0 spiro atoms. The Balaban J connectivity index is 1.58. The number of amides is 2. The van der Waals surface area contributed by atoms with E-state index >= 15 is 0 Å². The molecule has 5 heteroatoms. The van der Waals surface area contributed by atoms with E-state index in [1.807, 2.05) is 54.3 Å². The molecule has 0 saturated heterocycles. The Bertz CT molecular complexity index is 955. The van der Waals surface area contributed by atoms with Gasteiger partial charge in [-0.2, -0.15) is 0 Å². The van der Waals surface area contributed by atoms with E-state index < -0.39 is 0 Å². The number of ether oxygens (including phenoxy) is 1. The third-order valence-corrected chi connectivity index (χ3v) is 7.61. The minimum absolute atomic E-state index is 0.0211. The van der Waals surface area contributed by atoms with E-state index in [9.17, 15) is 9.59 Å². The van der Waals surface area contributed by atoms with Crippen LogP contribution in [0.4, 0.5) is 0 Å². The molecule has 1 aliphatic heterocycles. The van der Waals surface area contributed by atoms with E-state index in [4.69, 9.17) is 4.74 Å². The van der Waals surface area contributed by atoms with Crippen LogP contribution in [0.3, 0.4) is 0 Å². The lowest BCUT2D eigenvalue weighted by atomic mass is 9.99. The molecule has 0 bridgehead atoms. The minimum Gasteiger partial charge on any atom is -0.491 e. The van der Waals surface area contributed by atoms with Gasteiger partial charge in [-0.1, -0.05) is 68.1 Å². The van der Waals surface area contributed by atoms with Crippen molar-refractivity contribution in [3.05, 3.63) is 65.7 Å². The van der Waals surface area contributed by atoms with Gasteiger partial charge in [0.05, 0.1) is 11.6 Å².